The zero-order valence-corrected chi connectivity index (χ0v) is 20.7. The lowest BCUT2D eigenvalue weighted by atomic mass is 10.2. The van der Waals surface area contributed by atoms with E-state index in [9.17, 15) is 13.2 Å². The van der Waals surface area contributed by atoms with E-state index in [-0.39, 0.29) is 13.0 Å². The number of aromatic nitrogens is 1. The van der Waals surface area contributed by atoms with Crippen LogP contribution in [0.3, 0.4) is 0 Å². The second-order valence-corrected chi connectivity index (χ2v) is 7.64. The smallest absolute Gasteiger partial charge is 0.386 e. The van der Waals surface area contributed by atoms with Gasteiger partial charge in [0.05, 0.1) is 16.7 Å². The quantitative estimate of drug-likeness (QED) is 0.422. The molecule has 0 amide bonds. The van der Waals surface area contributed by atoms with Gasteiger partial charge in [0.2, 0.25) is 0 Å². The van der Waals surface area contributed by atoms with Crippen LogP contribution in [0.1, 0.15) is 64.5 Å². The number of allylic oxidation sites excluding steroid dienone is 4. The minimum Gasteiger partial charge on any atom is -0.491 e. The second kappa shape index (κ2) is 17.3. The first-order valence-corrected chi connectivity index (χ1v) is 11.6. The third-order valence-electron chi connectivity index (χ3n) is 3.68. The van der Waals surface area contributed by atoms with Crippen LogP contribution in [0.5, 0.6) is 11.5 Å². The highest BCUT2D eigenvalue weighted by Crippen LogP contribution is 2.21. The predicted molar refractivity (Wildman–Crippen MR) is 129 cm³/mol. The van der Waals surface area contributed by atoms with Crippen molar-refractivity contribution in [3.05, 3.63) is 65.2 Å². The molecule has 0 saturated heterocycles. The van der Waals surface area contributed by atoms with Crippen molar-refractivity contribution in [3.63, 3.8) is 0 Å². The molecule has 32 heavy (non-hydrogen) atoms. The summed E-state index contributed by atoms with van der Waals surface area (Å²) in [6, 6.07) is 9.81. The van der Waals surface area contributed by atoms with Crippen molar-refractivity contribution in [3.8, 4) is 11.5 Å². The number of hydrogen-bond acceptors (Lipinski definition) is 4. The van der Waals surface area contributed by atoms with E-state index in [4.69, 9.17) is 9.47 Å². The summed E-state index contributed by atoms with van der Waals surface area (Å²) >= 11 is 1.48. The monoisotopic (exact) mass is 471 g/mol. The molecule has 0 bridgehead atoms. The molecule has 0 N–H and O–H groups in total. The second-order valence-electron chi connectivity index (χ2n) is 6.75. The Morgan fingerprint density at radius 1 is 1.03 bits per heavy atom. The molecule has 1 heterocycles. The summed E-state index contributed by atoms with van der Waals surface area (Å²) < 4.78 is 46.7. The van der Waals surface area contributed by atoms with Crippen LogP contribution in [-0.2, 0) is 6.61 Å². The van der Waals surface area contributed by atoms with E-state index in [1.807, 2.05) is 51.1 Å². The van der Waals surface area contributed by atoms with E-state index < -0.39 is 6.18 Å². The first kappa shape index (κ1) is 29.7. The highest BCUT2D eigenvalue weighted by atomic mass is 32.1. The highest BCUT2D eigenvalue weighted by Gasteiger charge is 2.15. The fourth-order valence-corrected chi connectivity index (χ4v) is 2.76. The maximum Gasteiger partial charge on any atom is 0.386 e. The molecule has 3 nitrogen and oxygen atoms in total. The van der Waals surface area contributed by atoms with Crippen LogP contribution in [-0.4, -0.2) is 16.7 Å². The molecule has 1 aliphatic rings. The number of benzene rings is 1. The Labute approximate surface area is 195 Å². The molecule has 1 aliphatic carbocycles. The summed E-state index contributed by atoms with van der Waals surface area (Å²) in [5.41, 5.74) is 1.04. The SMILES string of the molecule is C1=CCCC=C1.CC.CC(F)(F)F.CCC(C)Oc1ccc(OCc2cc(C)ns2)cc1. The van der Waals surface area contributed by atoms with Gasteiger partial charge in [0, 0.05) is 6.92 Å². The van der Waals surface area contributed by atoms with Crippen molar-refractivity contribution < 1.29 is 22.6 Å². The summed E-state index contributed by atoms with van der Waals surface area (Å²) in [5.74, 6) is 1.73. The van der Waals surface area contributed by atoms with Gasteiger partial charge in [0.1, 0.15) is 18.1 Å². The Morgan fingerprint density at radius 3 is 1.91 bits per heavy atom. The van der Waals surface area contributed by atoms with E-state index >= 15 is 0 Å². The van der Waals surface area contributed by atoms with Gasteiger partial charge in [0.15, 0.2) is 0 Å². The van der Waals surface area contributed by atoms with E-state index in [0.717, 1.165) is 28.5 Å². The van der Waals surface area contributed by atoms with Crippen LogP contribution in [0.2, 0.25) is 0 Å². The molecule has 2 aromatic rings. The molecular weight excluding hydrogens is 435 g/mol. The molecule has 180 valence electrons. The van der Waals surface area contributed by atoms with Gasteiger partial charge in [-0.1, -0.05) is 45.1 Å². The van der Waals surface area contributed by atoms with E-state index in [0.29, 0.717) is 6.61 Å². The summed E-state index contributed by atoms with van der Waals surface area (Å²) in [5, 5.41) is 0. The molecule has 3 rings (SSSR count). The van der Waals surface area contributed by atoms with Gasteiger partial charge in [0.25, 0.3) is 0 Å². The third-order valence-corrected chi connectivity index (χ3v) is 4.53. The number of aryl methyl sites for hydroxylation is 1. The van der Waals surface area contributed by atoms with Crippen molar-refractivity contribution in [1.82, 2.24) is 4.37 Å². The van der Waals surface area contributed by atoms with Crippen molar-refractivity contribution in [2.75, 3.05) is 0 Å². The molecule has 1 unspecified atom stereocenters. The van der Waals surface area contributed by atoms with Crippen LogP contribution >= 0.6 is 11.5 Å². The normalized spacial score (nSPS) is 12.8. The van der Waals surface area contributed by atoms with E-state index in [1.165, 1.54) is 24.4 Å². The molecule has 0 spiro atoms. The predicted octanol–water partition coefficient (Wildman–Crippen LogP) is 8.70. The maximum atomic E-state index is 10.4. The number of hydrogen-bond donors (Lipinski definition) is 0. The number of alkyl halides is 3. The lowest BCUT2D eigenvalue weighted by molar-refractivity contribution is -0.110. The zero-order valence-electron chi connectivity index (χ0n) is 19.9. The molecule has 7 heteroatoms. The average molecular weight is 472 g/mol. The number of rotatable bonds is 6. The van der Waals surface area contributed by atoms with Gasteiger partial charge < -0.3 is 9.47 Å². The lowest BCUT2D eigenvalue weighted by Gasteiger charge is -2.12. The summed E-state index contributed by atoms with van der Waals surface area (Å²) in [6.07, 6.45) is 8.25. The molecule has 1 aromatic heterocycles. The highest BCUT2D eigenvalue weighted by molar-refractivity contribution is 7.05. The van der Waals surface area contributed by atoms with Crippen LogP contribution in [0.25, 0.3) is 0 Å². The van der Waals surface area contributed by atoms with Gasteiger partial charge in [-0.15, -0.1) is 0 Å². The first-order chi connectivity index (χ1) is 15.2. The lowest BCUT2D eigenvalue weighted by Crippen LogP contribution is -2.09. The van der Waals surface area contributed by atoms with Gasteiger partial charge >= 0.3 is 6.18 Å². The van der Waals surface area contributed by atoms with Crippen LogP contribution < -0.4 is 9.47 Å². The number of nitrogens with zero attached hydrogens (tertiary/aromatic N) is 1. The van der Waals surface area contributed by atoms with Crippen LogP contribution in [0.4, 0.5) is 13.2 Å². The molecule has 0 radical (unpaired) electrons. The Kier molecular flexibility index (Phi) is 16.1. The van der Waals surface area contributed by atoms with Crippen molar-refractivity contribution >= 4 is 11.5 Å². The van der Waals surface area contributed by atoms with E-state index in [2.05, 4.69) is 42.5 Å². The van der Waals surface area contributed by atoms with Gasteiger partial charge in [-0.25, -0.2) is 0 Å². The Hall–Kier alpha value is -2.28. The van der Waals surface area contributed by atoms with Crippen molar-refractivity contribution in [2.45, 2.75) is 79.7 Å². The third kappa shape index (κ3) is 17.4. The zero-order chi connectivity index (χ0) is 24.4. The summed E-state index contributed by atoms with van der Waals surface area (Å²) in [7, 11) is 0. The minimum absolute atomic E-state index is 0.188. The van der Waals surface area contributed by atoms with Gasteiger partial charge in [-0.3, -0.25) is 0 Å². The average Bonchev–Trinajstić information content (AvgIpc) is 3.20. The Bertz CT molecular complexity index is 750. The molecule has 0 fully saturated rings. The maximum absolute atomic E-state index is 10.4. The van der Waals surface area contributed by atoms with Gasteiger partial charge in [-0.2, -0.15) is 17.5 Å². The van der Waals surface area contributed by atoms with Crippen LogP contribution in [0, 0.1) is 6.92 Å². The first-order valence-electron chi connectivity index (χ1n) is 10.9. The minimum atomic E-state index is -4.00. The standard InChI is InChI=1S/C15H19NO2S.C6H8.C2H3F3.C2H6/c1-4-12(3)18-14-7-5-13(6-8-14)17-10-15-9-11(2)16-19-15;1-2-4-6-5-3-1;1-2(3,4)5;1-2/h5-9,12H,4,10H2,1-3H3;1-4H,5-6H2;1H3;1-2H3. The fourth-order valence-electron chi connectivity index (χ4n) is 2.11. The molecule has 0 aliphatic heterocycles. The summed E-state index contributed by atoms with van der Waals surface area (Å²) in [6.45, 7) is 10.9. The topological polar surface area (TPSA) is 31.4 Å². The Balaban J connectivity index is 0.000000605. The van der Waals surface area contributed by atoms with Crippen molar-refractivity contribution in [2.24, 2.45) is 0 Å². The largest absolute Gasteiger partial charge is 0.491 e. The fraction of sp³-hybridized carbons (Fsp3) is 0.480. The molecule has 0 saturated carbocycles. The molecule has 1 aromatic carbocycles. The number of ether oxygens (including phenoxy) is 2. The van der Waals surface area contributed by atoms with Gasteiger partial charge in [-0.05, 0) is 75.0 Å². The van der Waals surface area contributed by atoms with Crippen LogP contribution in [0.15, 0.2) is 54.6 Å². The Morgan fingerprint density at radius 2 is 1.53 bits per heavy atom. The number of halogens is 3. The molecule has 1 atom stereocenters. The van der Waals surface area contributed by atoms with Crippen molar-refractivity contribution in [1.29, 1.82) is 0 Å². The molecular formula is C25H36F3NO2S. The summed E-state index contributed by atoms with van der Waals surface area (Å²) in [4.78, 5) is 1.14. The van der Waals surface area contributed by atoms with E-state index in [1.54, 1.807) is 0 Å².